The van der Waals surface area contributed by atoms with Gasteiger partial charge in [0.2, 0.25) is 0 Å². The van der Waals surface area contributed by atoms with Gasteiger partial charge in [-0.25, -0.2) is 9.78 Å². The summed E-state index contributed by atoms with van der Waals surface area (Å²) in [5.41, 5.74) is 2.70. The van der Waals surface area contributed by atoms with Gasteiger partial charge in [0, 0.05) is 36.2 Å². The van der Waals surface area contributed by atoms with Crippen molar-refractivity contribution in [3.8, 4) is 5.69 Å². The van der Waals surface area contributed by atoms with Crippen molar-refractivity contribution in [3.63, 3.8) is 0 Å². The van der Waals surface area contributed by atoms with Crippen molar-refractivity contribution in [1.82, 2.24) is 14.5 Å². The average molecular weight is 391 g/mol. The number of ether oxygens (including phenoxy) is 1. The zero-order valence-electron chi connectivity index (χ0n) is 17.0. The molecule has 0 N–H and O–H groups in total. The van der Waals surface area contributed by atoms with E-state index in [1.165, 1.54) is 7.11 Å². The van der Waals surface area contributed by atoms with Crippen LogP contribution < -0.4 is 0 Å². The van der Waals surface area contributed by atoms with Crippen LogP contribution in [0.3, 0.4) is 0 Å². The van der Waals surface area contributed by atoms with Crippen LogP contribution in [0.2, 0.25) is 0 Å². The molecule has 0 saturated carbocycles. The Morgan fingerprint density at radius 2 is 1.83 bits per heavy atom. The van der Waals surface area contributed by atoms with Crippen LogP contribution in [-0.2, 0) is 4.74 Å². The minimum atomic E-state index is -0.369. The molecule has 3 aromatic rings. The number of amides is 1. The first-order valence-corrected chi connectivity index (χ1v) is 9.81. The van der Waals surface area contributed by atoms with E-state index in [4.69, 9.17) is 4.74 Å². The Morgan fingerprint density at radius 1 is 1.07 bits per heavy atom. The van der Waals surface area contributed by atoms with Crippen LogP contribution in [0.1, 0.15) is 47.4 Å². The van der Waals surface area contributed by atoms with Gasteiger partial charge < -0.3 is 14.2 Å². The van der Waals surface area contributed by atoms with Gasteiger partial charge in [-0.2, -0.15) is 0 Å². The monoisotopic (exact) mass is 391 g/mol. The Kier molecular flexibility index (Phi) is 6.44. The first kappa shape index (κ1) is 20.3. The molecule has 0 atom stereocenters. The molecule has 1 aliphatic rings. The summed E-state index contributed by atoms with van der Waals surface area (Å²) in [4.78, 5) is 30.4. The third kappa shape index (κ3) is 4.21. The second-order valence-electron chi connectivity index (χ2n) is 6.39. The third-order valence-electron chi connectivity index (χ3n) is 4.66. The van der Waals surface area contributed by atoms with E-state index in [-0.39, 0.29) is 11.9 Å². The Bertz CT molecular complexity index is 1040. The second kappa shape index (κ2) is 9.19. The van der Waals surface area contributed by atoms with Gasteiger partial charge in [0.1, 0.15) is 5.65 Å². The van der Waals surface area contributed by atoms with Gasteiger partial charge in [-0.15, -0.1) is 0 Å². The summed E-state index contributed by atoms with van der Waals surface area (Å²) >= 11 is 0. The van der Waals surface area contributed by atoms with E-state index < -0.39 is 0 Å². The lowest BCUT2D eigenvalue weighted by Crippen LogP contribution is -2.28. The topological polar surface area (TPSA) is 64.4 Å². The first-order chi connectivity index (χ1) is 14.2. The van der Waals surface area contributed by atoms with Crippen LogP contribution in [0.15, 0.2) is 61.1 Å². The van der Waals surface area contributed by atoms with E-state index in [0.717, 1.165) is 36.1 Å². The highest BCUT2D eigenvalue weighted by Gasteiger charge is 2.17. The van der Waals surface area contributed by atoms with Gasteiger partial charge in [-0.1, -0.05) is 19.9 Å². The predicted octanol–water partition coefficient (Wildman–Crippen LogP) is 4.59. The van der Waals surface area contributed by atoms with E-state index >= 15 is 0 Å². The van der Waals surface area contributed by atoms with Crippen LogP contribution >= 0.6 is 0 Å². The predicted molar refractivity (Wildman–Crippen MR) is 113 cm³/mol. The zero-order valence-corrected chi connectivity index (χ0v) is 17.0. The highest BCUT2D eigenvalue weighted by atomic mass is 16.5. The van der Waals surface area contributed by atoms with E-state index in [0.29, 0.717) is 11.1 Å². The Balaban J connectivity index is 0.00000117. The van der Waals surface area contributed by atoms with E-state index in [1.54, 1.807) is 23.2 Å². The molecule has 29 heavy (non-hydrogen) atoms. The molecular formula is C23H25N3O3. The molecule has 4 rings (SSSR count). The van der Waals surface area contributed by atoms with Crippen molar-refractivity contribution >= 4 is 22.9 Å². The van der Waals surface area contributed by atoms with E-state index in [9.17, 15) is 9.59 Å². The van der Waals surface area contributed by atoms with E-state index in [2.05, 4.69) is 4.98 Å². The Hall–Kier alpha value is -3.41. The number of fused-ring (bicyclic) bond motifs is 1. The van der Waals surface area contributed by atoms with Crippen molar-refractivity contribution in [2.24, 2.45) is 0 Å². The smallest absolute Gasteiger partial charge is 0.337 e. The lowest BCUT2D eigenvalue weighted by Gasteiger charge is -2.21. The van der Waals surface area contributed by atoms with Gasteiger partial charge in [-0.3, -0.25) is 4.79 Å². The lowest BCUT2D eigenvalue weighted by molar-refractivity contribution is 0.0600. The van der Waals surface area contributed by atoms with Gasteiger partial charge in [0.05, 0.1) is 18.2 Å². The van der Waals surface area contributed by atoms with Crippen LogP contribution in [0, 0.1) is 0 Å². The summed E-state index contributed by atoms with van der Waals surface area (Å²) in [6.07, 6.45) is 9.38. The summed E-state index contributed by atoms with van der Waals surface area (Å²) in [5, 5.41) is 0.888. The largest absolute Gasteiger partial charge is 0.465 e. The average Bonchev–Trinajstić information content (AvgIpc) is 3.23. The molecule has 0 fully saturated rings. The van der Waals surface area contributed by atoms with Gasteiger partial charge in [0.25, 0.3) is 5.91 Å². The number of pyridine rings is 1. The molecule has 6 heteroatoms. The fourth-order valence-electron chi connectivity index (χ4n) is 3.22. The van der Waals surface area contributed by atoms with Gasteiger partial charge in [-0.05, 0) is 49.2 Å². The lowest BCUT2D eigenvalue weighted by atomic mass is 10.1. The molecule has 0 bridgehead atoms. The van der Waals surface area contributed by atoms with Crippen molar-refractivity contribution in [2.75, 3.05) is 13.7 Å². The number of aromatic nitrogens is 2. The number of hydrogen-bond acceptors (Lipinski definition) is 4. The molecule has 1 aromatic carbocycles. The molecule has 0 unspecified atom stereocenters. The molecule has 0 aliphatic carbocycles. The Labute approximate surface area is 170 Å². The molecule has 0 radical (unpaired) electrons. The van der Waals surface area contributed by atoms with Crippen molar-refractivity contribution in [2.45, 2.75) is 26.7 Å². The van der Waals surface area contributed by atoms with Crippen LogP contribution in [0.5, 0.6) is 0 Å². The van der Waals surface area contributed by atoms with Crippen LogP contribution in [0.25, 0.3) is 16.7 Å². The quantitative estimate of drug-likeness (QED) is 0.613. The number of allylic oxidation sites excluding steroid dienone is 1. The number of rotatable bonds is 3. The summed E-state index contributed by atoms with van der Waals surface area (Å²) in [5.74, 6) is -0.400. The van der Waals surface area contributed by atoms with Crippen LogP contribution in [0.4, 0.5) is 0 Å². The molecule has 150 valence electrons. The zero-order chi connectivity index (χ0) is 20.8. The maximum Gasteiger partial charge on any atom is 0.337 e. The van der Waals surface area contributed by atoms with Crippen molar-refractivity contribution in [1.29, 1.82) is 0 Å². The molecule has 1 amide bonds. The number of esters is 1. The molecule has 6 nitrogen and oxygen atoms in total. The van der Waals surface area contributed by atoms with Crippen molar-refractivity contribution in [3.05, 3.63) is 72.2 Å². The second-order valence-corrected chi connectivity index (χ2v) is 6.39. The molecule has 1 aliphatic heterocycles. The fraction of sp³-hybridized carbons (Fsp3) is 0.261. The fourth-order valence-corrected chi connectivity index (χ4v) is 3.22. The number of nitrogens with zero attached hydrogens (tertiary/aromatic N) is 3. The highest BCUT2D eigenvalue weighted by molar-refractivity contribution is 5.97. The van der Waals surface area contributed by atoms with E-state index in [1.807, 2.05) is 61.2 Å². The SMILES string of the molecule is CC.COC(=O)c1ccc(-n2ccc3cc(C(=O)N4C=CCCC4)cnc32)cc1. The maximum absolute atomic E-state index is 12.6. The van der Waals surface area contributed by atoms with Gasteiger partial charge >= 0.3 is 5.97 Å². The molecule has 3 heterocycles. The van der Waals surface area contributed by atoms with Crippen LogP contribution in [-0.4, -0.2) is 40.0 Å². The summed E-state index contributed by atoms with van der Waals surface area (Å²) in [7, 11) is 1.36. The number of benzene rings is 1. The normalized spacial score (nSPS) is 13.0. The summed E-state index contributed by atoms with van der Waals surface area (Å²) < 4.78 is 6.65. The number of carbonyl (C=O) groups is 2. The highest BCUT2D eigenvalue weighted by Crippen LogP contribution is 2.21. The summed E-state index contributed by atoms with van der Waals surface area (Å²) in [6.45, 7) is 4.74. The number of methoxy groups -OCH3 is 1. The van der Waals surface area contributed by atoms with Gasteiger partial charge in [0.15, 0.2) is 0 Å². The molecule has 0 spiro atoms. The number of carbonyl (C=O) groups excluding carboxylic acids is 2. The molecular weight excluding hydrogens is 366 g/mol. The van der Waals surface area contributed by atoms with Crippen molar-refractivity contribution < 1.29 is 14.3 Å². The molecule has 2 aromatic heterocycles. The standard InChI is InChI=1S/C21H19N3O3.C2H6/c1-27-21(26)15-5-7-18(8-6-15)24-12-9-16-13-17(14-22-19(16)24)20(25)23-10-3-2-4-11-23;1-2/h3,5-10,12-14H,2,4,11H2,1H3;1-2H3. The minimum absolute atomic E-state index is 0.0319. The Morgan fingerprint density at radius 3 is 2.48 bits per heavy atom. The maximum atomic E-state index is 12.6. The minimum Gasteiger partial charge on any atom is -0.465 e. The molecule has 0 saturated heterocycles. The first-order valence-electron chi connectivity index (χ1n) is 9.81. The number of hydrogen-bond donors (Lipinski definition) is 0. The summed E-state index contributed by atoms with van der Waals surface area (Å²) in [6, 6.07) is 10.9. The third-order valence-corrected chi connectivity index (χ3v) is 4.66.